The summed E-state index contributed by atoms with van der Waals surface area (Å²) in [6.07, 6.45) is 3.54. The first-order valence-corrected chi connectivity index (χ1v) is 7.63. The van der Waals surface area contributed by atoms with Crippen molar-refractivity contribution in [1.29, 1.82) is 5.26 Å². The van der Waals surface area contributed by atoms with Gasteiger partial charge in [0.15, 0.2) is 11.6 Å². The van der Waals surface area contributed by atoms with E-state index in [1.807, 2.05) is 13.0 Å². The van der Waals surface area contributed by atoms with E-state index in [1.54, 1.807) is 6.07 Å². The Bertz CT molecular complexity index is 520. The zero-order valence-electron chi connectivity index (χ0n) is 12.8. The third-order valence-electron chi connectivity index (χ3n) is 4.10. The van der Waals surface area contributed by atoms with Crippen molar-refractivity contribution in [3.8, 4) is 11.8 Å². The van der Waals surface area contributed by atoms with E-state index in [2.05, 4.69) is 18.3 Å². The molecule has 0 amide bonds. The Kier molecular flexibility index (Phi) is 5.19. The maximum absolute atomic E-state index is 14.1. The van der Waals surface area contributed by atoms with Gasteiger partial charge in [0, 0.05) is 17.9 Å². The minimum Gasteiger partial charge on any atom is -0.490 e. The minimum absolute atomic E-state index is 0.0319. The van der Waals surface area contributed by atoms with Gasteiger partial charge in [0.1, 0.15) is 0 Å². The van der Waals surface area contributed by atoms with Crippen LogP contribution in [0.2, 0.25) is 0 Å². The highest BCUT2D eigenvalue weighted by Gasteiger charge is 2.43. The third-order valence-corrected chi connectivity index (χ3v) is 4.10. The number of halogens is 1. The summed E-state index contributed by atoms with van der Waals surface area (Å²) >= 11 is 0. The van der Waals surface area contributed by atoms with Crippen LogP contribution in [-0.2, 0) is 0 Å². The average Bonchev–Trinajstić information content (AvgIpc) is 3.24. The number of nitrogens with zero attached hydrogens (tertiary/aromatic N) is 1. The molecule has 21 heavy (non-hydrogen) atoms. The lowest BCUT2D eigenvalue weighted by molar-refractivity contribution is 0.227. The van der Waals surface area contributed by atoms with Gasteiger partial charge < -0.3 is 10.1 Å². The number of nitrogens with one attached hydrogen (secondary N) is 1. The molecule has 0 radical (unpaired) electrons. The second kappa shape index (κ2) is 6.91. The monoisotopic (exact) mass is 290 g/mol. The summed E-state index contributed by atoms with van der Waals surface area (Å²) < 4.78 is 19.7. The quantitative estimate of drug-likeness (QED) is 0.788. The molecule has 2 rings (SSSR count). The molecule has 4 heteroatoms. The zero-order valence-corrected chi connectivity index (χ0v) is 12.8. The Labute approximate surface area is 126 Å². The first kappa shape index (κ1) is 15.8. The zero-order chi connectivity index (χ0) is 15.3. The number of hydrogen-bond donors (Lipinski definition) is 1. The van der Waals surface area contributed by atoms with Crippen molar-refractivity contribution in [2.75, 3.05) is 13.2 Å². The molecule has 0 heterocycles. The van der Waals surface area contributed by atoms with Crippen LogP contribution in [0.5, 0.6) is 5.75 Å². The highest BCUT2D eigenvalue weighted by Crippen LogP contribution is 2.48. The predicted octanol–water partition coefficient (Wildman–Crippen LogP) is 3.96. The standard InChI is InChI=1S/C17H23FN2O/c1-3-10-20-13(2)14-4-5-16(15(18)11-14)21-12-17(6-7-17)8-9-19/h4-5,11,13,20H,3,6-8,10,12H2,1-2H3. The molecule has 1 N–H and O–H groups in total. The van der Waals surface area contributed by atoms with Crippen LogP contribution < -0.4 is 10.1 Å². The largest absolute Gasteiger partial charge is 0.490 e. The second-order valence-corrected chi connectivity index (χ2v) is 5.99. The smallest absolute Gasteiger partial charge is 0.165 e. The first-order chi connectivity index (χ1) is 10.1. The molecule has 1 saturated carbocycles. The Morgan fingerprint density at radius 2 is 2.24 bits per heavy atom. The molecule has 1 aromatic rings. The molecule has 1 aromatic carbocycles. The summed E-state index contributed by atoms with van der Waals surface area (Å²) in [5.74, 6) is -0.0453. The Morgan fingerprint density at radius 3 is 2.81 bits per heavy atom. The van der Waals surface area contributed by atoms with Gasteiger partial charge in [-0.2, -0.15) is 5.26 Å². The lowest BCUT2D eigenvalue weighted by atomic mass is 10.1. The molecular formula is C17H23FN2O. The van der Waals surface area contributed by atoms with Crippen molar-refractivity contribution in [3.63, 3.8) is 0 Å². The minimum atomic E-state index is -0.328. The van der Waals surface area contributed by atoms with E-state index in [-0.39, 0.29) is 23.0 Å². The Morgan fingerprint density at radius 1 is 1.48 bits per heavy atom. The van der Waals surface area contributed by atoms with E-state index < -0.39 is 0 Å². The summed E-state index contributed by atoms with van der Waals surface area (Å²) in [7, 11) is 0. The van der Waals surface area contributed by atoms with Crippen LogP contribution in [0.4, 0.5) is 4.39 Å². The van der Waals surface area contributed by atoms with Gasteiger partial charge in [-0.3, -0.25) is 0 Å². The van der Waals surface area contributed by atoms with Crippen molar-refractivity contribution in [1.82, 2.24) is 5.32 Å². The first-order valence-electron chi connectivity index (χ1n) is 7.63. The topological polar surface area (TPSA) is 45.0 Å². The third kappa shape index (κ3) is 4.18. The summed E-state index contributed by atoms with van der Waals surface area (Å²) in [5.41, 5.74) is 0.891. The van der Waals surface area contributed by atoms with E-state index in [4.69, 9.17) is 10.00 Å². The van der Waals surface area contributed by atoms with Crippen molar-refractivity contribution in [2.45, 2.75) is 45.6 Å². The molecule has 0 bridgehead atoms. The fourth-order valence-corrected chi connectivity index (χ4v) is 2.33. The van der Waals surface area contributed by atoms with Gasteiger partial charge in [0.05, 0.1) is 12.7 Å². The van der Waals surface area contributed by atoms with Crippen LogP contribution in [-0.4, -0.2) is 13.2 Å². The normalized spacial score (nSPS) is 17.0. The van der Waals surface area contributed by atoms with E-state index >= 15 is 0 Å². The molecule has 1 fully saturated rings. The SMILES string of the molecule is CCCNC(C)c1ccc(OCC2(CC#N)CC2)c(F)c1. The van der Waals surface area contributed by atoms with Gasteiger partial charge in [-0.15, -0.1) is 0 Å². The van der Waals surface area contributed by atoms with E-state index in [0.29, 0.717) is 13.0 Å². The number of ether oxygens (including phenoxy) is 1. The van der Waals surface area contributed by atoms with Gasteiger partial charge in [0.2, 0.25) is 0 Å². The van der Waals surface area contributed by atoms with Gasteiger partial charge in [-0.1, -0.05) is 13.0 Å². The van der Waals surface area contributed by atoms with Crippen LogP contribution in [0.25, 0.3) is 0 Å². The van der Waals surface area contributed by atoms with Gasteiger partial charge >= 0.3 is 0 Å². The maximum atomic E-state index is 14.1. The molecular weight excluding hydrogens is 267 g/mol. The van der Waals surface area contributed by atoms with Crippen LogP contribution in [0.1, 0.15) is 51.1 Å². The van der Waals surface area contributed by atoms with Gasteiger partial charge in [0.25, 0.3) is 0 Å². The van der Waals surface area contributed by atoms with E-state index in [0.717, 1.165) is 31.4 Å². The molecule has 1 aliphatic carbocycles. The fraction of sp³-hybridized carbons (Fsp3) is 0.588. The number of benzene rings is 1. The van der Waals surface area contributed by atoms with E-state index in [1.165, 1.54) is 6.07 Å². The molecule has 114 valence electrons. The summed E-state index contributed by atoms with van der Waals surface area (Å²) in [6.45, 7) is 5.47. The van der Waals surface area contributed by atoms with Crippen molar-refractivity contribution >= 4 is 0 Å². The van der Waals surface area contributed by atoms with E-state index in [9.17, 15) is 4.39 Å². The van der Waals surface area contributed by atoms with Crippen molar-refractivity contribution in [3.05, 3.63) is 29.6 Å². The van der Waals surface area contributed by atoms with Crippen molar-refractivity contribution < 1.29 is 9.13 Å². The molecule has 1 aliphatic rings. The lowest BCUT2D eigenvalue weighted by Crippen LogP contribution is -2.19. The van der Waals surface area contributed by atoms with Crippen LogP contribution in [0.3, 0.4) is 0 Å². The number of nitriles is 1. The van der Waals surface area contributed by atoms with Crippen molar-refractivity contribution in [2.24, 2.45) is 5.41 Å². The summed E-state index contributed by atoms with van der Waals surface area (Å²) in [4.78, 5) is 0. The van der Waals surface area contributed by atoms with Crippen LogP contribution >= 0.6 is 0 Å². The molecule has 1 unspecified atom stereocenters. The molecule has 1 atom stereocenters. The molecule has 0 spiro atoms. The fourth-order valence-electron chi connectivity index (χ4n) is 2.33. The molecule has 0 aliphatic heterocycles. The average molecular weight is 290 g/mol. The number of rotatable bonds is 8. The van der Waals surface area contributed by atoms with Gasteiger partial charge in [-0.05, 0) is 50.4 Å². The summed E-state index contributed by atoms with van der Waals surface area (Å²) in [6, 6.07) is 7.43. The molecule has 0 saturated heterocycles. The molecule has 3 nitrogen and oxygen atoms in total. The summed E-state index contributed by atoms with van der Waals surface area (Å²) in [5, 5.41) is 12.1. The lowest BCUT2D eigenvalue weighted by Gasteiger charge is -2.16. The van der Waals surface area contributed by atoms with Crippen LogP contribution in [0, 0.1) is 22.6 Å². The maximum Gasteiger partial charge on any atom is 0.165 e. The van der Waals surface area contributed by atoms with Crippen LogP contribution in [0.15, 0.2) is 18.2 Å². The highest BCUT2D eigenvalue weighted by molar-refractivity contribution is 5.31. The van der Waals surface area contributed by atoms with Gasteiger partial charge in [-0.25, -0.2) is 4.39 Å². The Hall–Kier alpha value is -1.60. The second-order valence-electron chi connectivity index (χ2n) is 5.99. The predicted molar refractivity (Wildman–Crippen MR) is 80.5 cm³/mol. The Balaban J connectivity index is 1.95. The number of hydrogen-bond acceptors (Lipinski definition) is 3. The highest BCUT2D eigenvalue weighted by atomic mass is 19.1. The molecule has 0 aromatic heterocycles.